The zero-order valence-electron chi connectivity index (χ0n) is 20.3. The molecule has 2 amide bonds. The van der Waals surface area contributed by atoms with Crippen LogP contribution in [0.4, 0.5) is 11.4 Å². The Morgan fingerprint density at radius 3 is 2.15 bits per heavy atom. The second kappa shape index (κ2) is 9.56. The molecule has 3 aromatic rings. The van der Waals surface area contributed by atoms with Gasteiger partial charge in [-0.25, -0.2) is 4.90 Å². The number of likely N-dealkylation sites (N-methyl/N-ethyl adjacent to an activating group) is 1. The van der Waals surface area contributed by atoms with Crippen molar-refractivity contribution in [2.45, 2.75) is 40.7 Å². The van der Waals surface area contributed by atoms with Gasteiger partial charge in [-0.15, -0.1) is 0 Å². The fraction of sp³-hybridized carbons (Fsp3) is 0.241. The average molecular weight is 455 g/mol. The van der Waals surface area contributed by atoms with Crippen LogP contribution < -0.4 is 14.5 Å². The van der Waals surface area contributed by atoms with Crippen LogP contribution >= 0.6 is 0 Å². The second-order valence-electron chi connectivity index (χ2n) is 8.73. The van der Waals surface area contributed by atoms with Crippen LogP contribution in [0.1, 0.15) is 37.5 Å². The third-order valence-corrected chi connectivity index (χ3v) is 5.82. The van der Waals surface area contributed by atoms with Crippen LogP contribution in [0.3, 0.4) is 0 Å². The van der Waals surface area contributed by atoms with Crippen molar-refractivity contribution in [3.63, 3.8) is 0 Å². The molecule has 34 heavy (non-hydrogen) atoms. The standard InChI is InChI=1S/C29H30N2O3/c1-6-30(23-10-8-7-9-11-23)27-26(22-13-15-24(16-14-22)34-19(2)3)28(32)31(29(27)33)25-17-12-20(4)18-21(25)5/h7-19H,6H2,1-5H3. The number of nitrogens with zero attached hydrogens (tertiary/aromatic N) is 2. The summed E-state index contributed by atoms with van der Waals surface area (Å²) >= 11 is 0. The molecule has 0 saturated heterocycles. The highest BCUT2D eigenvalue weighted by Crippen LogP contribution is 2.38. The summed E-state index contributed by atoms with van der Waals surface area (Å²) in [4.78, 5) is 31.0. The van der Waals surface area contributed by atoms with E-state index in [-0.39, 0.29) is 17.9 Å². The number of carbonyl (C=O) groups excluding carboxylic acids is 2. The summed E-state index contributed by atoms with van der Waals surface area (Å²) in [7, 11) is 0. The normalized spacial score (nSPS) is 13.8. The predicted octanol–water partition coefficient (Wildman–Crippen LogP) is 5.90. The first-order valence-corrected chi connectivity index (χ1v) is 11.6. The Kier molecular flexibility index (Phi) is 6.55. The molecule has 0 unspecified atom stereocenters. The quantitative estimate of drug-likeness (QED) is 0.417. The first kappa shape index (κ1) is 23.3. The molecule has 174 valence electrons. The lowest BCUT2D eigenvalue weighted by Gasteiger charge is -2.25. The zero-order chi connectivity index (χ0) is 24.4. The lowest BCUT2D eigenvalue weighted by atomic mass is 10.0. The van der Waals surface area contributed by atoms with E-state index in [4.69, 9.17) is 4.74 Å². The van der Waals surface area contributed by atoms with Crippen molar-refractivity contribution in [2.24, 2.45) is 0 Å². The summed E-state index contributed by atoms with van der Waals surface area (Å²) in [5.41, 5.74) is 4.90. The highest BCUT2D eigenvalue weighted by molar-refractivity contribution is 6.46. The molecule has 0 bridgehead atoms. The molecular weight excluding hydrogens is 424 g/mol. The van der Waals surface area contributed by atoms with E-state index < -0.39 is 0 Å². The zero-order valence-corrected chi connectivity index (χ0v) is 20.3. The minimum atomic E-state index is -0.320. The SMILES string of the molecule is CCN(C1=C(c2ccc(OC(C)C)cc2)C(=O)N(c2ccc(C)cc2C)C1=O)c1ccccc1. The summed E-state index contributed by atoms with van der Waals surface area (Å²) in [6.07, 6.45) is 0.0454. The van der Waals surface area contributed by atoms with E-state index in [1.165, 1.54) is 4.90 Å². The Balaban J connectivity index is 1.87. The second-order valence-corrected chi connectivity index (χ2v) is 8.73. The van der Waals surface area contributed by atoms with Crippen molar-refractivity contribution in [3.8, 4) is 5.75 Å². The molecule has 0 aromatic heterocycles. The number of rotatable bonds is 7. The number of aryl methyl sites for hydroxylation is 2. The highest BCUT2D eigenvalue weighted by atomic mass is 16.5. The van der Waals surface area contributed by atoms with Crippen LogP contribution in [-0.2, 0) is 9.59 Å². The van der Waals surface area contributed by atoms with Gasteiger partial charge >= 0.3 is 0 Å². The maximum Gasteiger partial charge on any atom is 0.282 e. The molecule has 0 spiro atoms. The van der Waals surface area contributed by atoms with Gasteiger partial charge in [-0.2, -0.15) is 0 Å². The third kappa shape index (κ3) is 4.34. The fourth-order valence-electron chi connectivity index (χ4n) is 4.35. The molecule has 5 nitrogen and oxygen atoms in total. The molecule has 0 aliphatic carbocycles. The Morgan fingerprint density at radius 2 is 1.56 bits per heavy atom. The highest BCUT2D eigenvalue weighted by Gasteiger charge is 2.43. The van der Waals surface area contributed by atoms with E-state index in [0.29, 0.717) is 29.1 Å². The minimum Gasteiger partial charge on any atom is -0.491 e. The topological polar surface area (TPSA) is 49.9 Å². The van der Waals surface area contributed by atoms with Crippen molar-refractivity contribution in [2.75, 3.05) is 16.3 Å². The van der Waals surface area contributed by atoms with Crippen molar-refractivity contribution in [1.82, 2.24) is 0 Å². The number of hydrogen-bond donors (Lipinski definition) is 0. The molecular formula is C29H30N2O3. The summed E-state index contributed by atoms with van der Waals surface area (Å²) in [5, 5.41) is 0. The number of ether oxygens (including phenoxy) is 1. The van der Waals surface area contributed by atoms with Gasteiger partial charge in [0.05, 0.1) is 17.4 Å². The summed E-state index contributed by atoms with van der Waals surface area (Å²) in [6.45, 7) is 10.4. The van der Waals surface area contributed by atoms with Crippen molar-refractivity contribution >= 4 is 28.8 Å². The van der Waals surface area contributed by atoms with Crippen LogP contribution in [0.15, 0.2) is 78.5 Å². The summed E-state index contributed by atoms with van der Waals surface area (Å²) in [6, 6.07) is 22.8. The molecule has 0 saturated carbocycles. The van der Waals surface area contributed by atoms with E-state index in [2.05, 4.69) is 0 Å². The van der Waals surface area contributed by atoms with Crippen LogP contribution in [0.5, 0.6) is 5.75 Å². The average Bonchev–Trinajstić information content (AvgIpc) is 3.06. The summed E-state index contributed by atoms with van der Waals surface area (Å²) in [5.74, 6) is 0.0818. The van der Waals surface area contributed by atoms with E-state index in [1.54, 1.807) is 0 Å². The fourth-order valence-corrected chi connectivity index (χ4v) is 4.35. The van der Waals surface area contributed by atoms with E-state index in [9.17, 15) is 9.59 Å². The first-order valence-electron chi connectivity index (χ1n) is 11.6. The number of benzene rings is 3. The number of anilines is 2. The number of imide groups is 1. The maximum absolute atomic E-state index is 13.9. The minimum absolute atomic E-state index is 0.0454. The van der Waals surface area contributed by atoms with Crippen LogP contribution in [0, 0.1) is 13.8 Å². The number of carbonyl (C=O) groups is 2. The van der Waals surface area contributed by atoms with Gasteiger partial charge in [0, 0.05) is 12.2 Å². The van der Waals surface area contributed by atoms with Gasteiger partial charge in [0.2, 0.25) is 0 Å². The predicted molar refractivity (Wildman–Crippen MR) is 137 cm³/mol. The number of para-hydroxylation sites is 1. The molecule has 3 aromatic carbocycles. The third-order valence-electron chi connectivity index (χ3n) is 5.82. The molecule has 0 N–H and O–H groups in total. The van der Waals surface area contributed by atoms with Crippen LogP contribution in [0.2, 0.25) is 0 Å². The largest absolute Gasteiger partial charge is 0.491 e. The first-order chi connectivity index (χ1) is 16.3. The molecule has 1 aliphatic heterocycles. The van der Waals surface area contributed by atoms with Gasteiger partial charge in [-0.1, -0.05) is 48.0 Å². The maximum atomic E-state index is 13.9. The molecule has 1 aliphatic rings. The Hall–Kier alpha value is -3.86. The number of amides is 2. The van der Waals surface area contributed by atoms with Gasteiger partial charge < -0.3 is 9.64 Å². The molecule has 0 radical (unpaired) electrons. The van der Waals surface area contributed by atoms with Gasteiger partial charge in [0.25, 0.3) is 11.8 Å². The lowest BCUT2D eigenvalue weighted by Crippen LogP contribution is -2.35. The molecule has 1 heterocycles. The van der Waals surface area contributed by atoms with Crippen molar-refractivity contribution in [3.05, 3.63) is 95.2 Å². The van der Waals surface area contributed by atoms with Gasteiger partial charge in [-0.05, 0) is 76.1 Å². The molecule has 0 atom stereocenters. The Bertz CT molecular complexity index is 1240. The monoisotopic (exact) mass is 454 g/mol. The van der Waals surface area contributed by atoms with Gasteiger partial charge in [0.15, 0.2) is 0 Å². The van der Waals surface area contributed by atoms with Crippen molar-refractivity contribution in [1.29, 1.82) is 0 Å². The van der Waals surface area contributed by atoms with E-state index in [1.807, 2.05) is 112 Å². The van der Waals surface area contributed by atoms with Crippen LogP contribution in [0.25, 0.3) is 5.57 Å². The van der Waals surface area contributed by atoms with E-state index in [0.717, 1.165) is 22.6 Å². The summed E-state index contributed by atoms with van der Waals surface area (Å²) < 4.78 is 5.77. The Labute approximate surface area is 201 Å². The molecule has 5 heteroatoms. The van der Waals surface area contributed by atoms with Gasteiger partial charge in [0.1, 0.15) is 11.4 Å². The van der Waals surface area contributed by atoms with Gasteiger partial charge in [-0.3, -0.25) is 9.59 Å². The van der Waals surface area contributed by atoms with Crippen molar-refractivity contribution < 1.29 is 14.3 Å². The lowest BCUT2D eigenvalue weighted by molar-refractivity contribution is -0.120. The van der Waals surface area contributed by atoms with Crippen LogP contribution in [-0.4, -0.2) is 24.5 Å². The molecule has 0 fully saturated rings. The molecule has 4 rings (SSSR count). The number of hydrogen-bond acceptors (Lipinski definition) is 4. The smallest absolute Gasteiger partial charge is 0.282 e. The Morgan fingerprint density at radius 1 is 0.882 bits per heavy atom. The van der Waals surface area contributed by atoms with E-state index >= 15 is 0 Å².